The van der Waals surface area contributed by atoms with Crippen molar-refractivity contribution in [2.45, 2.75) is 25.3 Å². The largest absolute Gasteiger partial charge is 0.497 e. The van der Waals surface area contributed by atoms with Crippen molar-refractivity contribution in [2.75, 3.05) is 7.11 Å². The summed E-state index contributed by atoms with van der Waals surface area (Å²) in [5, 5.41) is 5.26. The van der Waals surface area contributed by atoms with Crippen molar-refractivity contribution >= 4 is 17.9 Å². The first kappa shape index (κ1) is 18.0. The standard InChI is InChI=1S/C23H24NO2P/c1-26-19-15-16-22-18(17-19)9-8-14-23(22)24-27(25,20-10-4-2-5-11-20)21-12-6-3-7-13-21/h2-7,10-13,15-17,23H,8-9,14H2,1H3,(H,24,25)/t23-/m0/s1. The van der Waals surface area contributed by atoms with Gasteiger partial charge in [0, 0.05) is 16.7 Å². The van der Waals surface area contributed by atoms with E-state index in [-0.39, 0.29) is 6.04 Å². The lowest BCUT2D eigenvalue weighted by Crippen LogP contribution is -2.32. The Labute approximate surface area is 160 Å². The van der Waals surface area contributed by atoms with Gasteiger partial charge in [-0.1, -0.05) is 42.5 Å². The topological polar surface area (TPSA) is 38.3 Å². The van der Waals surface area contributed by atoms with E-state index in [1.807, 2.05) is 66.7 Å². The van der Waals surface area contributed by atoms with Crippen molar-refractivity contribution in [1.82, 2.24) is 5.09 Å². The number of rotatable bonds is 5. The molecule has 0 bridgehead atoms. The lowest BCUT2D eigenvalue weighted by Gasteiger charge is -2.31. The molecule has 0 aromatic heterocycles. The maximum absolute atomic E-state index is 14.3. The van der Waals surface area contributed by atoms with Crippen molar-refractivity contribution in [2.24, 2.45) is 0 Å². The lowest BCUT2D eigenvalue weighted by molar-refractivity contribution is 0.412. The number of aryl methyl sites for hydroxylation is 1. The van der Waals surface area contributed by atoms with Gasteiger partial charge in [0.25, 0.3) is 0 Å². The van der Waals surface area contributed by atoms with E-state index in [1.54, 1.807) is 7.11 Å². The molecule has 0 aliphatic heterocycles. The molecule has 1 atom stereocenters. The molecule has 1 aliphatic carbocycles. The van der Waals surface area contributed by atoms with E-state index in [0.717, 1.165) is 35.6 Å². The summed E-state index contributed by atoms with van der Waals surface area (Å²) in [5.41, 5.74) is 2.51. The quantitative estimate of drug-likeness (QED) is 0.661. The number of ether oxygens (including phenoxy) is 1. The second kappa shape index (κ2) is 7.72. The Morgan fingerprint density at radius 1 is 0.926 bits per heavy atom. The molecule has 3 aromatic rings. The van der Waals surface area contributed by atoms with Crippen LogP contribution in [0.2, 0.25) is 0 Å². The van der Waals surface area contributed by atoms with Crippen molar-refractivity contribution in [3.8, 4) is 5.75 Å². The van der Waals surface area contributed by atoms with Crippen LogP contribution in [0.15, 0.2) is 78.9 Å². The Morgan fingerprint density at radius 3 is 2.15 bits per heavy atom. The Bertz CT molecular complexity index is 913. The van der Waals surface area contributed by atoms with E-state index in [1.165, 1.54) is 11.1 Å². The first-order valence-corrected chi connectivity index (χ1v) is 11.1. The molecule has 0 saturated carbocycles. The van der Waals surface area contributed by atoms with Gasteiger partial charge in [0.05, 0.1) is 7.11 Å². The number of fused-ring (bicyclic) bond motifs is 1. The van der Waals surface area contributed by atoms with Gasteiger partial charge in [0.2, 0.25) is 7.29 Å². The number of hydrogen-bond acceptors (Lipinski definition) is 2. The van der Waals surface area contributed by atoms with Crippen LogP contribution in [0.3, 0.4) is 0 Å². The fourth-order valence-corrected chi connectivity index (χ4v) is 6.33. The molecule has 4 rings (SSSR count). The molecule has 138 valence electrons. The monoisotopic (exact) mass is 377 g/mol. The summed E-state index contributed by atoms with van der Waals surface area (Å²) in [4.78, 5) is 0. The fraction of sp³-hybridized carbons (Fsp3) is 0.217. The molecule has 0 fully saturated rings. The van der Waals surface area contributed by atoms with Crippen LogP contribution < -0.4 is 20.4 Å². The molecule has 0 unspecified atom stereocenters. The molecule has 4 heteroatoms. The van der Waals surface area contributed by atoms with Gasteiger partial charge in [-0.3, -0.25) is 9.65 Å². The number of methoxy groups -OCH3 is 1. The maximum Gasteiger partial charge on any atom is 0.205 e. The Morgan fingerprint density at radius 2 is 1.56 bits per heavy atom. The van der Waals surface area contributed by atoms with Gasteiger partial charge in [-0.25, -0.2) is 0 Å². The molecule has 0 spiro atoms. The highest BCUT2D eigenvalue weighted by Gasteiger charge is 2.32. The van der Waals surface area contributed by atoms with Crippen LogP contribution in [0.1, 0.15) is 30.0 Å². The third-order valence-electron chi connectivity index (χ3n) is 5.24. The van der Waals surface area contributed by atoms with E-state index in [0.29, 0.717) is 0 Å². The highest BCUT2D eigenvalue weighted by Crippen LogP contribution is 2.44. The first-order chi connectivity index (χ1) is 13.2. The molecule has 0 saturated heterocycles. The van der Waals surface area contributed by atoms with Crippen LogP contribution in [-0.2, 0) is 11.0 Å². The average Bonchev–Trinajstić information content (AvgIpc) is 2.74. The molecular formula is C23H24NO2P. The molecule has 0 amide bonds. The van der Waals surface area contributed by atoms with E-state index in [2.05, 4.69) is 17.2 Å². The maximum atomic E-state index is 14.3. The summed E-state index contributed by atoms with van der Waals surface area (Å²) in [6, 6.07) is 25.8. The van der Waals surface area contributed by atoms with Crippen molar-refractivity contribution in [3.05, 3.63) is 90.0 Å². The minimum Gasteiger partial charge on any atom is -0.497 e. The normalized spacial score (nSPS) is 16.6. The van der Waals surface area contributed by atoms with E-state index in [4.69, 9.17) is 4.74 Å². The van der Waals surface area contributed by atoms with Crippen LogP contribution in [0.4, 0.5) is 0 Å². The molecule has 3 nitrogen and oxygen atoms in total. The molecule has 27 heavy (non-hydrogen) atoms. The van der Waals surface area contributed by atoms with Crippen LogP contribution >= 0.6 is 7.29 Å². The second-order valence-corrected chi connectivity index (χ2v) is 9.43. The van der Waals surface area contributed by atoms with Gasteiger partial charge >= 0.3 is 0 Å². The van der Waals surface area contributed by atoms with Gasteiger partial charge in [0.1, 0.15) is 5.75 Å². The summed E-state index contributed by atoms with van der Waals surface area (Å²) < 4.78 is 19.7. The molecule has 3 aromatic carbocycles. The molecule has 0 radical (unpaired) electrons. The summed E-state index contributed by atoms with van der Waals surface area (Å²) in [6.07, 6.45) is 3.08. The van der Waals surface area contributed by atoms with Crippen LogP contribution in [-0.4, -0.2) is 7.11 Å². The minimum atomic E-state index is -2.95. The van der Waals surface area contributed by atoms with Gasteiger partial charge in [-0.2, -0.15) is 0 Å². The van der Waals surface area contributed by atoms with Crippen LogP contribution in [0.5, 0.6) is 5.75 Å². The average molecular weight is 377 g/mol. The fourth-order valence-electron chi connectivity index (χ4n) is 3.85. The Kier molecular flexibility index (Phi) is 5.15. The Hall–Kier alpha value is -2.35. The van der Waals surface area contributed by atoms with Crippen LogP contribution in [0.25, 0.3) is 0 Å². The van der Waals surface area contributed by atoms with E-state index in [9.17, 15) is 4.57 Å². The number of nitrogens with one attached hydrogen (secondary N) is 1. The summed E-state index contributed by atoms with van der Waals surface area (Å²) in [5.74, 6) is 0.878. The second-order valence-electron chi connectivity index (χ2n) is 6.92. The zero-order valence-corrected chi connectivity index (χ0v) is 16.4. The van der Waals surface area contributed by atoms with Gasteiger partial charge in [-0.05, 0) is 66.8 Å². The number of hydrogen-bond donors (Lipinski definition) is 1. The Balaban J connectivity index is 1.75. The molecule has 1 N–H and O–H groups in total. The smallest absolute Gasteiger partial charge is 0.205 e. The molecular weight excluding hydrogens is 353 g/mol. The van der Waals surface area contributed by atoms with Crippen molar-refractivity contribution < 1.29 is 9.30 Å². The predicted molar refractivity (Wildman–Crippen MR) is 112 cm³/mol. The first-order valence-electron chi connectivity index (χ1n) is 9.36. The number of benzene rings is 3. The van der Waals surface area contributed by atoms with E-state index < -0.39 is 7.29 Å². The van der Waals surface area contributed by atoms with Crippen LogP contribution in [0, 0.1) is 0 Å². The lowest BCUT2D eigenvalue weighted by atomic mass is 9.88. The van der Waals surface area contributed by atoms with Crippen molar-refractivity contribution in [1.29, 1.82) is 0 Å². The highest BCUT2D eigenvalue weighted by atomic mass is 31.2. The SMILES string of the molecule is COc1ccc2c(c1)CCC[C@@H]2NP(=O)(c1ccccc1)c1ccccc1. The van der Waals surface area contributed by atoms with Gasteiger partial charge in [-0.15, -0.1) is 0 Å². The van der Waals surface area contributed by atoms with Crippen molar-refractivity contribution in [3.63, 3.8) is 0 Å². The highest BCUT2D eigenvalue weighted by molar-refractivity contribution is 7.76. The molecule has 1 aliphatic rings. The predicted octanol–water partition coefficient (Wildman–Crippen LogP) is 4.59. The van der Waals surface area contributed by atoms with Gasteiger partial charge < -0.3 is 4.74 Å². The summed E-state index contributed by atoms with van der Waals surface area (Å²) in [7, 11) is -1.25. The summed E-state index contributed by atoms with van der Waals surface area (Å²) in [6.45, 7) is 0. The zero-order valence-electron chi connectivity index (χ0n) is 15.5. The van der Waals surface area contributed by atoms with E-state index >= 15 is 0 Å². The third kappa shape index (κ3) is 3.58. The molecule has 0 heterocycles. The van der Waals surface area contributed by atoms with Gasteiger partial charge in [0.15, 0.2) is 0 Å². The minimum absolute atomic E-state index is 0.0610. The zero-order chi connectivity index (χ0) is 18.7. The summed E-state index contributed by atoms with van der Waals surface area (Å²) >= 11 is 0. The third-order valence-corrected chi connectivity index (χ3v) is 7.97.